The predicted molar refractivity (Wildman–Crippen MR) is 83.1 cm³/mol. The van der Waals surface area contributed by atoms with E-state index in [0.29, 0.717) is 12.8 Å². The van der Waals surface area contributed by atoms with E-state index >= 15 is 0 Å². The van der Waals surface area contributed by atoms with E-state index in [-0.39, 0.29) is 24.6 Å². The number of nitrogens with one attached hydrogen (secondary N) is 3. The van der Waals surface area contributed by atoms with Crippen molar-refractivity contribution in [2.45, 2.75) is 31.8 Å². The van der Waals surface area contributed by atoms with Gasteiger partial charge in [-0.05, 0) is 37.5 Å². The summed E-state index contributed by atoms with van der Waals surface area (Å²) in [6.07, 6.45) is 1.44. The number of H-pyrrole nitrogens is 2. The number of carbonyl (C=O) groups excluding carboxylic acids is 1. The van der Waals surface area contributed by atoms with E-state index in [4.69, 9.17) is 5.11 Å². The van der Waals surface area contributed by atoms with Crippen molar-refractivity contribution in [1.82, 2.24) is 15.3 Å². The third kappa shape index (κ3) is 4.43. The maximum absolute atomic E-state index is 11.7. The first-order valence-corrected chi connectivity index (χ1v) is 7.21. The monoisotopic (exact) mass is 321 g/mol. The number of fused-ring (bicyclic) bond motifs is 1. The minimum Gasteiger partial charge on any atom is -0.479 e. The van der Waals surface area contributed by atoms with Gasteiger partial charge in [-0.25, -0.2) is 9.59 Å². The highest BCUT2D eigenvalue weighted by Crippen LogP contribution is 2.12. The number of hydrogen-bond donors (Lipinski definition) is 5. The Bertz CT molecular complexity index is 775. The van der Waals surface area contributed by atoms with Gasteiger partial charge in [-0.2, -0.15) is 0 Å². The fourth-order valence-corrected chi connectivity index (χ4v) is 2.12. The maximum atomic E-state index is 11.7. The Morgan fingerprint density at radius 2 is 1.96 bits per heavy atom. The molecular formula is C15H19N3O5. The lowest BCUT2D eigenvalue weighted by Crippen LogP contribution is -2.46. The lowest BCUT2D eigenvalue weighted by atomic mass is 10.1. The van der Waals surface area contributed by atoms with Crippen LogP contribution in [0.25, 0.3) is 11.0 Å². The summed E-state index contributed by atoms with van der Waals surface area (Å²) in [4.78, 5) is 38.9. The Kier molecular flexibility index (Phi) is 4.85. The Morgan fingerprint density at radius 3 is 2.65 bits per heavy atom. The van der Waals surface area contributed by atoms with Gasteiger partial charge >= 0.3 is 11.7 Å². The van der Waals surface area contributed by atoms with E-state index in [1.165, 1.54) is 0 Å². The summed E-state index contributed by atoms with van der Waals surface area (Å²) in [5, 5.41) is 20.6. The molecule has 8 heteroatoms. The molecule has 0 fully saturated rings. The lowest BCUT2D eigenvalue weighted by molar-refractivity contribution is -0.156. The number of imidazole rings is 1. The van der Waals surface area contributed by atoms with Crippen LogP contribution in [-0.2, 0) is 16.0 Å². The summed E-state index contributed by atoms with van der Waals surface area (Å²) in [6.45, 7) is 0.792. The van der Waals surface area contributed by atoms with Gasteiger partial charge in [-0.1, -0.05) is 6.07 Å². The maximum Gasteiger partial charge on any atom is 0.337 e. The minimum atomic E-state index is -1.97. The summed E-state index contributed by atoms with van der Waals surface area (Å²) in [7, 11) is 0. The van der Waals surface area contributed by atoms with Gasteiger partial charge in [0.2, 0.25) is 5.91 Å². The molecule has 2 rings (SSSR count). The SMILES string of the molecule is CC(O)(CNC(=O)CCCc1ccc2[nH]c(=O)[nH]c2c1)C(=O)O. The Labute approximate surface area is 131 Å². The van der Waals surface area contributed by atoms with Crippen molar-refractivity contribution in [3.63, 3.8) is 0 Å². The van der Waals surface area contributed by atoms with Gasteiger partial charge in [0.25, 0.3) is 0 Å². The molecule has 0 aliphatic carbocycles. The van der Waals surface area contributed by atoms with Crippen molar-refractivity contribution >= 4 is 22.9 Å². The van der Waals surface area contributed by atoms with Crippen LogP contribution in [0.4, 0.5) is 0 Å². The summed E-state index contributed by atoms with van der Waals surface area (Å²) in [5.41, 5.74) is 0.197. The van der Waals surface area contributed by atoms with Gasteiger partial charge in [0.1, 0.15) is 0 Å². The van der Waals surface area contributed by atoms with Crippen molar-refractivity contribution in [3.8, 4) is 0 Å². The molecule has 0 aliphatic rings. The number of carboxylic acids is 1. The van der Waals surface area contributed by atoms with Gasteiger partial charge in [0, 0.05) is 6.42 Å². The molecule has 0 radical (unpaired) electrons. The number of carbonyl (C=O) groups is 2. The highest BCUT2D eigenvalue weighted by Gasteiger charge is 2.30. The van der Waals surface area contributed by atoms with Gasteiger partial charge in [-0.15, -0.1) is 0 Å². The fraction of sp³-hybridized carbons (Fsp3) is 0.400. The molecule has 1 amide bonds. The van der Waals surface area contributed by atoms with Crippen LogP contribution < -0.4 is 11.0 Å². The summed E-state index contributed by atoms with van der Waals surface area (Å²) in [6, 6.07) is 5.52. The highest BCUT2D eigenvalue weighted by atomic mass is 16.4. The first-order chi connectivity index (χ1) is 10.8. The quantitative estimate of drug-likeness (QED) is 0.494. The summed E-state index contributed by atoms with van der Waals surface area (Å²) >= 11 is 0. The largest absolute Gasteiger partial charge is 0.479 e. The lowest BCUT2D eigenvalue weighted by Gasteiger charge is -2.18. The Hall–Kier alpha value is -2.61. The van der Waals surface area contributed by atoms with Crippen LogP contribution in [0.1, 0.15) is 25.3 Å². The Balaban J connectivity index is 1.80. The van der Waals surface area contributed by atoms with Gasteiger partial charge in [0.15, 0.2) is 5.60 Å². The third-order valence-electron chi connectivity index (χ3n) is 3.54. The molecule has 1 aromatic heterocycles. The molecule has 124 valence electrons. The molecule has 0 saturated heterocycles. The van der Waals surface area contributed by atoms with E-state index < -0.39 is 11.6 Å². The highest BCUT2D eigenvalue weighted by molar-refractivity contribution is 5.80. The average Bonchev–Trinajstić information content (AvgIpc) is 2.84. The topological polar surface area (TPSA) is 135 Å². The molecule has 23 heavy (non-hydrogen) atoms. The molecule has 0 saturated carbocycles. The molecule has 2 aromatic rings. The molecule has 1 atom stereocenters. The second-order valence-electron chi connectivity index (χ2n) is 5.67. The van der Waals surface area contributed by atoms with Crippen molar-refractivity contribution in [2.24, 2.45) is 0 Å². The number of hydrogen-bond acceptors (Lipinski definition) is 4. The predicted octanol–water partition coefficient (Wildman–Crippen LogP) is 0.131. The minimum absolute atomic E-state index is 0.220. The molecular weight excluding hydrogens is 302 g/mol. The zero-order chi connectivity index (χ0) is 17.0. The first-order valence-electron chi connectivity index (χ1n) is 7.21. The van der Waals surface area contributed by atoms with E-state index in [2.05, 4.69) is 15.3 Å². The molecule has 5 N–H and O–H groups in total. The molecule has 0 spiro atoms. The standard InChI is InChI=1S/C15H19N3O5/c1-15(23,13(20)21)8-16-12(19)4-2-3-9-5-6-10-11(7-9)18-14(22)17-10/h5-7,23H,2-4,8H2,1H3,(H,16,19)(H,20,21)(H2,17,18,22). The first kappa shape index (κ1) is 16.8. The van der Waals surface area contributed by atoms with Crippen LogP contribution in [0.2, 0.25) is 0 Å². The second kappa shape index (κ2) is 6.66. The average molecular weight is 321 g/mol. The fourth-order valence-electron chi connectivity index (χ4n) is 2.12. The van der Waals surface area contributed by atoms with Crippen molar-refractivity contribution in [3.05, 3.63) is 34.2 Å². The molecule has 1 heterocycles. The molecule has 1 unspecified atom stereocenters. The van der Waals surface area contributed by atoms with Crippen LogP contribution in [0.5, 0.6) is 0 Å². The number of aliphatic carboxylic acids is 1. The normalized spacial score (nSPS) is 13.7. The number of amides is 1. The second-order valence-corrected chi connectivity index (χ2v) is 5.67. The number of benzene rings is 1. The smallest absolute Gasteiger partial charge is 0.337 e. The van der Waals surface area contributed by atoms with Gasteiger partial charge in [0.05, 0.1) is 17.6 Å². The van der Waals surface area contributed by atoms with E-state index in [1.54, 1.807) is 6.07 Å². The number of aromatic nitrogens is 2. The molecule has 0 bridgehead atoms. The van der Waals surface area contributed by atoms with Crippen molar-refractivity contribution in [2.75, 3.05) is 6.54 Å². The van der Waals surface area contributed by atoms with Gasteiger partial charge < -0.3 is 25.5 Å². The zero-order valence-electron chi connectivity index (χ0n) is 12.7. The van der Waals surface area contributed by atoms with E-state index in [0.717, 1.165) is 23.5 Å². The van der Waals surface area contributed by atoms with E-state index in [9.17, 15) is 19.5 Å². The number of carboxylic acid groups (broad SMARTS) is 1. The van der Waals surface area contributed by atoms with Crippen molar-refractivity contribution in [1.29, 1.82) is 0 Å². The van der Waals surface area contributed by atoms with Crippen molar-refractivity contribution < 1.29 is 19.8 Å². The van der Waals surface area contributed by atoms with E-state index in [1.807, 2.05) is 12.1 Å². The van der Waals surface area contributed by atoms with Crippen LogP contribution in [0, 0.1) is 0 Å². The summed E-state index contributed by atoms with van der Waals surface area (Å²) in [5.74, 6) is -1.70. The number of aryl methyl sites for hydroxylation is 1. The molecule has 1 aromatic carbocycles. The zero-order valence-corrected chi connectivity index (χ0v) is 12.7. The van der Waals surface area contributed by atoms with Crippen LogP contribution in [0.3, 0.4) is 0 Å². The number of aliphatic hydroxyl groups is 1. The van der Waals surface area contributed by atoms with Crippen LogP contribution >= 0.6 is 0 Å². The number of aromatic amines is 2. The third-order valence-corrected chi connectivity index (χ3v) is 3.54. The Morgan fingerprint density at radius 1 is 1.26 bits per heavy atom. The molecule has 8 nitrogen and oxygen atoms in total. The van der Waals surface area contributed by atoms with Gasteiger partial charge in [-0.3, -0.25) is 4.79 Å². The van der Waals surface area contributed by atoms with Crippen LogP contribution in [0.15, 0.2) is 23.0 Å². The number of rotatable bonds is 7. The van der Waals surface area contributed by atoms with Crippen LogP contribution in [-0.4, -0.2) is 44.2 Å². The molecule has 0 aliphatic heterocycles. The summed E-state index contributed by atoms with van der Waals surface area (Å²) < 4.78 is 0.